The summed E-state index contributed by atoms with van der Waals surface area (Å²) in [4.78, 5) is 27.6. The highest BCUT2D eigenvalue weighted by atomic mass is 31.0. The van der Waals surface area contributed by atoms with Gasteiger partial charge < -0.3 is 9.80 Å². The number of carbonyl (C=O) groups excluding carboxylic acids is 2. The van der Waals surface area contributed by atoms with Crippen molar-refractivity contribution in [1.82, 2.24) is 9.80 Å². The Kier molecular flexibility index (Phi) is 4.16. The third-order valence-electron chi connectivity index (χ3n) is 3.95. The zero-order chi connectivity index (χ0) is 12.4. The topological polar surface area (TPSA) is 40.6 Å². The van der Waals surface area contributed by atoms with Crippen molar-refractivity contribution in [2.45, 2.75) is 19.3 Å². The molecule has 0 aromatic heterocycles. The molecule has 0 saturated carbocycles. The fourth-order valence-corrected chi connectivity index (χ4v) is 3.11. The third-order valence-corrected chi connectivity index (χ3v) is 4.42. The summed E-state index contributed by atoms with van der Waals surface area (Å²) in [7, 11) is 4.33. The van der Waals surface area contributed by atoms with Crippen LogP contribution in [0.1, 0.15) is 19.3 Å². The van der Waals surface area contributed by atoms with E-state index < -0.39 is 0 Å². The number of likely N-dealkylation sites (tertiary alicyclic amines) is 2. The molecule has 2 aliphatic heterocycles. The van der Waals surface area contributed by atoms with Gasteiger partial charge in [0.05, 0.1) is 5.92 Å². The van der Waals surface area contributed by atoms with E-state index >= 15 is 0 Å². The normalized spacial score (nSPS) is 27.4. The van der Waals surface area contributed by atoms with Gasteiger partial charge in [-0.05, 0) is 32.9 Å². The average Bonchev–Trinajstić information content (AvgIpc) is 2.75. The van der Waals surface area contributed by atoms with Crippen LogP contribution in [0.5, 0.6) is 0 Å². The number of hydrogen-bond acceptors (Lipinski definition) is 3. The molecule has 0 aromatic carbocycles. The molecule has 2 atom stereocenters. The lowest BCUT2D eigenvalue weighted by molar-refractivity contribution is -0.137. The molecular formula is C12H21N2O2P. The van der Waals surface area contributed by atoms with Crippen molar-refractivity contribution in [2.24, 2.45) is 11.8 Å². The van der Waals surface area contributed by atoms with Gasteiger partial charge in [-0.15, -0.1) is 0 Å². The van der Waals surface area contributed by atoms with E-state index in [-0.39, 0.29) is 17.4 Å². The summed E-state index contributed by atoms with van der Waals surface area (Å²) < 4.78 is 0. The lowest BCUT2D eigenvalue weighted by atomic mass is 9.96. The highest BCUT2D eigenvalue weighted by Crippen LogP contribution is 2.24. The van der Waals surface area contributed by atoms with Crippen LogP contribution in [0, 0.1) is 11.8 Å². The Morgan fingerprint density at radius 1 is 1.06 bits per heavy atom. The Morgan fingerprint density at radius 3 is 2.12 bits per heavy atom. The number of hydrogen-bond donors (Lipinski definition) is 0. The molecule has 1 amide bonds. The molecule has 2 rings (SSSR count). The molecule has 2 aliphatic rings. The lowest BCUT2D eigenvalue weighted by Gasteiger charge is -2.32. The molecule has 2 saturated heterocycles. The predicted molar refractivity (Wildman–Crippen MR) is 69.6 cm³/mol. The zero-order valence-electron chi connectivity index (χ0n) is 10.4. The van der Waals surface area contributed by atoms with Gasteiger partial charge in [-0.2, -0.15) is 0 Å². The van der Waals surface area contributed by atoms with Crippen molar-refractivity contribution in [3.63, 3.8) is 0 Å². The number of nitrogens with zero attached hydrogens (tertiary/aromatic N) is 2. The second-order valence-corrected chi connectivity index (χ2v) is 5.82. The maximum atomic E-state index is 12.2. The largest absolute Gasteiger partial charge is 0.342 e. The molecule has 0 bridgehead atoms. The van der Waals surface area contributed by atoms with Crippen molar-refractivity contribution in [2.75, 3.05) is 33.2 Å². The highest BCUT2D eigenvalue weighted by Gasteiger charge is 2.32. The summed E-state index contributed by atoms with van der Waals surface area (Å²) in [6.45, 7) is 3.42. The van der Waals surface area contributed by atoms with Crippen molar-refractivity contribution in [3.8, 4) is 0 Å². The summed E-state index contributed by atoms with van der Waals surface area (Å²) in [5.74, 6) is 0.627. The maximum Gasteiger partial charge on any atom is 0.227 e. The summed E-state index contributed by atoms with van der Waals surface area (Å²) in [5, 5.41) is 0. The van der Waals surface area contributed by atoms with Crippen molar-refractivity contribution < 1.29 is 9.59 Å². The molecule has 0 spiro atoms. The van der Waals surface area contributed by atoms with Gasteiger partial charge in [0.1, 0.15) is 0 Å². The molecule has 0 aromatic rings. The van der Waals surface area contributed by atoms with Gasteiger partial charge in [-0.3, -0.25) is 9.59 Å². The molecule has 4 nitrogen and oxygen atoms in total. The fourth-order valence-electron chi connectivity index (χ4n) is 2.78. The summed E-state index contributed by atoms with van der Waals surface area (Å²) in [6, 6.07) is 0. The number of piperidine rings is 1. The van der Waals surface area contributed by atoms with Gasteiger partial charge in [0.25, 0.3) is 0 Å². The quantitative estimate of drug-likeness (QED) is 0.679. The van der Waals surface area contributed by atoms with Gasteiger partial charge >= 0.3 is 0 Å². The highest BCUT2D eigenvalue weighted by molar-refractivity contribution is 7.40. The van der Waals surface area contributed by atoms with Crippen LogP contribution in [0.3, 0.4) is 0 Å². The van der Waals surface area contributed by atoms with Crippen molar-refractivity contribution >= 4 is 20.7 Å². The van der Waals surface area contributed by atoms with Gasteiger partial charge in [0.15, 0.2) is 5.52 Å². The second-order valence-electron chi connectivity index (χ2n) is 5.25. The van der Waals surface area contributed by atoms with E-state index in [1.165, 1.54) is 0 Å². The van der Waals surface area contributed by atoms with E-state index in [0.29, 0.717) is 5.91 Å². The average molecular weight is 256 g/mol. The minimum atomic E-state index is 0.148. The Morgan fingerprint density at radius 2 is 1.65 bits per heavy atom. The molecule has 0 radical (unpaired) electrons. The van der Waals surface area contributed by atoms with E-state index in [0.717, 1.165) is 45.4 Å². The molecule has 2 unspecified atom stereocenters. The van der Waals surface area contributed by atoms with Crippen LogP contribution in [-0.4, -0.2) is 54.5 Å². The molecule has 0 N–H and O–H groups in total. The molecule has 5 heteroatoms. The zero-order valence-corrected chi connectivity index (χ0v) is 11.5. The van der Waals surface area contributed by atoms with Crippen LogP contribution in [-0.2, 0) is 9.59 Å². The molecule has 2 heterocycles. The van der Waals surface area contributed by atoms with Crippen LogP contribution >= 0.6 is 9.24 Å². The van der Waals surface area contributed by atoms with Crippen LogP contribution in [0.15, 0.2) is 0 Å². The van der Waals surface area contributed by atoms with Gasteiger partial charge in [-0.1, -0.05) is 9.24 Å². The minimum Gasteiger partial charge on any atom is -0.342 e. The van der Waals surface area contributed by atoms with Crippen molar-refractivity contribution in [3.05, 3.63) is 0 Å². The minimum absolute atomic E-state index is 0.148. The molecule has 96 valence electrons. The Balaban J connectivity index is 1.84. The Hall–Kier alpha value is -0.470. The SMILES string of the molecule is CN1CCC(C(=O)N2CCC(C(=O)P)CC2)C1. The Bertz CT molecular complexity index is 314. The number of amides is 1. The summed E-state index contributed by atoms with van der Waals surface area (Å²) in [6.07, 6.45) is 2.64. The molecule has 17 heavy (non-hydrogen) atoms. The summed E-state index contributed by atoms with van der Waals surface area (Å²) >= 11 is 0. The third kappa shape index (κ3) is 3.05. The first-order valence-corrected chi connectivity index (χ1v) is 6.92. The van der Waals surface area contributed by atoms with Crippen LogP contribution < -0.4 is 0 Å². The van der Waals surface area contributed by atoms with Crippen LogP contribution in [0.4, 0.5) is 0 Å². The first-order chi connectivity index (χ1) is 8.08. The van der Waals surface area contributed by atoms with E-state index in [4.69, 9.17) is 0 Å². The smallest absolute Gasteiger partial charge is 0.227 e. The summed E-state index contributed by atoms with van der Waals surface area (Å²) in [5.41, 5.74) is 0.192. The Labute approximate surface area is 105 Å². The molecule has 0 aliphatic carbocycles. The van der Waals surface area contributed by atoms with E-state index in [9.17, 15) is 9.59 Å². The van der Waals surface area contributed by atoms with Crippen LogP contribution in [0.2, 0.25) is 0 Å². The van der Waals surface area contributed by atoms with Gasteiger partial charge in [0.2, 0.25) is 5.91 Å². The van der Waals surface area contributed by atoms with Crippen molar-refractivity contribution in [1.29, 1.82) is 0 Å². The van der Waals surface area contributed by atoms with Gasteiger partial charge in [-0.25, -0.2) is 0 Å². The maximum absolute atomic E-state index is 12.2. The van der Waals surface area contributed by atoms with E-state index in [2.05, 4.69) is 21.2 Å². The molecule has 2 fully saturated rings. The van der Waals surface area contributed by atoms with Gasteiger partial charge in [0, 0.05) is 25.6 Å². The first-order valence-electron chi connectivity index (χ1n) is 6.34. The van der Waals surface area contributed by atoms with E-state index in [1.807, 2.05) is 4.90 Å². The fraction of sp³-hybridized carbons (Fsp3) is 0.833. The second kappa shape index (κ2) is 5.45. The monoisotopic (exact) mass is 256 g/mol. The van der Waals surface area contributed by atoms with Crippen LogP contribution in [0.25, 0.3) is 0 Å². The molecular weight excluding hydrogens is 235 g/mol. The number of rotatable bonds is 2. The standard InChI is InChI=1S/C12H21N2O2P/c1-13-5-2-10(8-13)11(15)14-6-3-9(4-7-14)12(16)17/h9-10H,2-8,17H2,1H3. The first kappa shape index (κ1) is 13.0. The number of carbonyl (C=O) groups is 2. The predicted octanol–water partition coefficient (Wildman–Crippen LogP) is 0.578. The lowest BCUT2D eigenvalue weighted by Crippen LogP contribution is -2.43. The van der Waals surface area contributed by atoms with E-state index in [1.54, 1.807) is 0 Å².